The first kappa shape index (κ1) is 11.5. The molecule has 82 valence electrons. The summed E-state index contributed by atoms with van der Waals surface area (Å²) in [6.07, 6.45) is 3.39. The zero-order valence-corrected chi connectivity index (χ0v) is 9.36. The van der Waals surface area contributed by atoms with Crippen LogP contribution in [0.25, 0.3) is 0 Å². The Kier molecular flexibility index (Phi) is 3.93. The molecule has 0 spiro atoms. The fourth-order valence-corrected chi connectivity index (χ4v) is 2.02. The lowest BCUT2D eigenvalue weighted by atomic mass is 10.0. The molecule has 1 saturated carbocycles. The topological polar surface area (TPSA) is 40.5 Å². The molecular weight excluding hydrogens is 178 g/mol. The van der Waals surface area contributed by atoms with Crippen LogP contribution in [0.15, 0.2) is 0 Å². The van der Waals surface area contributed by atoms with E-state index in [0.717, 1.165) is 13.0 Å². The van der Waals surface area contributed by atoms with Crippen LogP contribution in [0.1, 0.15) is 40.0 Å². The van der Waals surface area contributed by atoms with E-state index in [4.69, 9.17) is 0 Å². The molecule has 0 heterocycles. The van der Waals surface area contributed by atoms with E-state index >= 15 is 0 Å². The quantitative estimate of drug-likeness (QED) is 0.711. The minimum Gasteiger partial charge on any atom is -0.480 e. The molecule has 0 radical (unpaired) electrons. The number of carbonyl (C=O) groups is 1. The lowest BCUT2D eigenvalue weighted by Crippen LogP contribution is -2.46. The van der Waals surface area contributed by atoms with Gasteiger partial charge >= 0.3 is 5.97 Å². The zero-order chi connectivity index (χ0) is 10.7. The Morgan fingerprint density at radius 2 is 2.07 bits per heavy atom. The van der Waals surface area contributed by atoms with Crippen molar-refractivity contribution in [2.75, 3.05) is 6.54 Å². The summed E-state index contributed by atoms with van der Waals surface area (Å²) < 4.78 is 0. The third-order valence-corrected chi connectivity index (χ3v) is 2.74. The van der Waals surface area contributed by atoms with Crippen molar-refractivity contribution in [3.63, 3.8) is 0 Å². The maximum Gasteiger partial charge on any atom is 0.321 e. The van der Waals surface area contributed by atoms with Gasteiger partial charge in [-0.05, 0) is 31.7 Å². The van der Waals surface area contributed by atoms with E-state index in [0.29, 0.717) is 6.04 Å². The molecule has 1 N–H and O–H groups in total. The van der Waals surface area contributed by atoms with E-state index in [1.807, 2.05) is 13.8 Å². The van der Waals surface area contributed by atoms with Gasteiger partial charge in [-0.25, -0.2) is 0 Å². The lowest BCUT2D eigenvalue weighted by molar-refractivity contribution is -0.145. The van der Waals surface area contributed by atoms with Crippen molar-refractivity contribution in [1.82, 2.24) is 4.90 Å². The Morgan fingerprint density at radius 3 is 2.36 bits per heavy atom. The molecule has 0 aromatic heterocycles. The number of hydrogen-bond donors (Lipinski definition) is 1. The summed E-state index contributed by atoms with van der Waals surface area (Å²) in [5.74, 6) is -0.472. The zero-order valence-electron chi connectivity index (χ0n) is 9.36. The number of aliphatic carboxylic acids is 1. The van der Waals surface area contributed by atoms with Crippen molar-refractivity contribution in [2.24, 2.45) is 5.92 Å². The van der Waals surface area contributed by atoms with Crippen LogP contribution in [-0.4, -0.2) is 34.6 Å². The molecule has 1 aliphatic rings. The van der Waals surface area contributed by atoms with E-state index < -0.39 is 5.97 Å². The Bertz CT molecular complexity index is 199. The second kappa shape index (κ2) is 4.78. The van der Waals surface area contributed by atoms with Crippen LogP contribution >= 0.6 is 0 Å². The van der Waals surface area contributed by atoms with Crippen LogP contribution in [0, 0.1) is 5.92 Å². The van der Waals surface area contributed by atoms with Crippen LogP contribution in [0.3, 0.4) is 0 Å². The van der Waals surface area contributed by atoms with Gasteiger partial charge in [0.25, 0.3) is 0 Å². The number of hydrogen-bond acceptors (Lipinski definition) is 2. The third kappa shape index (κ3) is 2.71. The summed E-state index contributed by atoms with van der Waals surface area (Å²) in [5.41, 5.74) is 0. The molecule has 0 amide bonds. The van der Waals surface area contributed by atoms with Crippen LogP contribution in [0.5, 0.6) is 0 Å². The van der Waals surface area contributed by atoms with Gasteiger partial charge in [0.05, 0.1) is 0 Å². The van der Waals surface area contributed by atoms with Crippen LogP contribution in [0.2, 0.25) is 0 Å². The molecule has 1 fully saturated rings. The van der Waals surface area contributed by atoms with Gasteiger partial charge in [0.2, 0.25) is 0 Å². The number of rotatable bonds is 6. The summed E-state index contributed by atoms with van der Waals surface area (Å²) in [6, 6.07) is 0.251. The van der Waals surface area contributed by atoms with Crippen molar-refractivity contribution in [2.45, 2.75) is 52.1 Å². The number of nitrogens with zero attached hydrogens (tertiary/aromatic N) is 1. The molecule has 1 rings (SSSR count). The average Bonchev–Trinajstić information content (AvgIpc) is 2.84. The van der Waals surface area contributed by atoms with Crippen molar-refractivity contribution in [3.8, 4) is 0 Å². The molecule has 3 nitrogen and oxygen atoms in total. The minimum absolute atomic E-state index is 0.194. The molecule has 3 heteroatoms. The predicted molar refractivity (Wildman–Crippen MR) is 56.3 cm³/mol. The summed E-state index contributed by atoms with van der Waals surface area (Å²) in [6.45, 7) is 7.00. The Labute approximate surface area is 86.1 Å². The predicted octanol–water partition coefficient (Wildman–Crippen LogP) is 1.97. The SMILES string of the molecule is CCCN(C1CC1)C(C(=O)O)C(C)C. The summed E-state index contributed by atoms with van der Waals surface area (Å²) in [7, 11) is 0. The molecule has 0 aromatic carbocycles. The van der Waals surface area contributed by atoms with Gasteiger partial charge in [0.15, 0.2) is 0 Å². The van der Waals surface area contributed by atoms with Gasteiger partial charge in [0, 0.05) is 6.04 Å². The van der Waals surface area contributed by atoms with E-state index in [-0.39, 0.29) is 12.0 Å². The number of carboxylic acids is 1. The lowest BCUT2D eigenvalue weighted by Gasteiger charge is -2.31. The first-order valence-corrected chi connectivity index (χ1v) is 5.56. The highest BCUT2D eigenvalue weighted by molar-refractivity contribution is 5.73. The van der Waals surface area contributed by atoms with Gasteiger partial charge in [0.1, 0.15) is 6.04 Å². The maximum absolute atomic E-state index is 11.1. The standard InChI is InChI=1S/C11H21NO2/c1-4-7-12(9-5-6-9)10(8(2)3)11(13)14/h8-10H,4-7H2,1-3H3,(H,13,14). The second-order valence-corrected chi connectivity index (χ2v) is 4.50. The van der Waals surface area contributed by atoms with Gasteiger partial charge < -0.3 is 5.11 Å². The molecule has 1 unspecified atom stereocenters. The Balaban J connectivity index is 2.65. The monoisotopic (exact) mass is 199 g/mol. The van der Waals surface area contributed by atoms with Gasteiger partial charge in [-0.15, -0.1) is 0 Å². The van der Waals surface area contributed by atoms with Gasteiger partial charge in [-0.1, -0.05) is 20.8 Å². The van der Waals surface area contributed by atoms with Crippen molar-refractivity contribution >= 4 is 5.97 Å². The second-order valence-electron chi connectivity index (χ2n) is 4.50. The van der Waals surface area contributed by atoms with Crippen molar-refractivity contribution < 1.29 is 9.90 Å². The molecule has 14 heavy (non-hydrogen) atoms. The molecular formula is C11H21NO2. The third-order valence-electron chi connectivity index (χ3n) is 2.74. The van der Waals surface area contributed by atoms with Crippen molar-refractivity contribution in [1.29, 1.82) is 0 Å². The summed E-state index contributed by atoms with van der Waals surface area (Å²) in [4.78, 5) is 13.3. The number of carboxylic acid groups (broad SMARTS) is 1. The molecule has 0 saturated heterocycles. The van der Waals surface area contributed by atoms with Gasteiger partial charge in [-0.3, -0.25) is 9.69 Å². The first-order chi connectivity index (χ1) is 6.57. The van der Waals surface area contributed by atoms with Crippen LogP contribution in [-0.2, 0) is 4.79 Å². The van der Waals surface area contributed by atoms with E-state index in [9.17, 15) is 9.90 Å². The fraction of sp³-hybridized carbons (Fsp3) is 0.909. The summed E-state index contributed by atoms with van der Waals surface area (Å²) in [5, 5.41) is 9.18. The van der Waals surface area contributed by atoms with E-state index in [1.54, 1.807) is 0 Å². The highest BCUT2D eigenvalue weighted by Gasteiger charge is 2.38. The van der Waals surface area contributed by atoms with Crippen molar-refractivity contribution in [3.05, 3.63) is 0 Å². The van der Waals surface area contributed by atoms with Crippen LogP contribution in [0.4, 0.5) is 0 Å². The average molecular weight is 199 g/mol. The van der Waals surface area contributed by atoms with E-state index in [2.05, 4.69) is 11.8 Å². The highest BCUT2D eigenvalue weighted by atomic mass is 16.4. The fourth-order valence-electron chi connectivity index (χ4n) is 2.02. The molecule has 0 bridgehead atoms. The minimum atomic E-state index is -0.666. The van der Waals surface area contributed by atoms with E-state index in [1.165, 1.54) is 12.8 Å². The molecule has 1 aliphatic carbocycles. The Hall–Kier alpha value is -0.570. The highest BCUT2D eigenvalue weighted by Crippen LogP contribution is 2.30. The molecule has 1 atom stereocenters. The Morgan fingerprint density at radius 1 is 1.50 bits per heavy atom. The smallest absolute Gasteiger partial charge is 0.321 e. The molecule has 0 aliphatic heterocycles. The van der Waals surface area contributed by atoms with Crippen LogP contribution < -0.4 is 0 Å². The normalized spacial score (nSPS) is 18.9. The molecule has 0 aromatic rings. The van der Waals surface area contributed by atoms with Gasteiger partial charge in [-0.2, -0.15) is 0 Å². The first-order valence-electron chi connectivity index (χ1n) is 5.56. The largest absolute Gasteiger partial charge is 0.480 e. The maximum atomic E-state index is 11.1. The summed E-state index contributed by atoms with van der Waals surface area (Å²) >= 11 is 0.